The van der Waals surface area contributed by atoms with Gasteiger partial charge in [0.25, 0.3) is 0 Å². The van der Waals surface area contributed by atoms with Crippen molar-refractivity contribution in [3.63, 3.8) is 0 Å². The minimum Gasteiger partial charge on any atom is -0.490 e. The van der Waals surface area contributed by atoms with Crippen molar-refractivity contribution < 1.29 is 19.4 Å². The van der Waals surface area contributed by atoms with E-state index in [2.05, 4.69) is 5.16 Å². The lowest BCUT2D eigenvalue weighted by Gasteiger charge is -2.23. The van der Waals surface area contributed by atoms with E-state index in [1.54, 1.807) is 6.92 Å². The summed E-state index contributed by atoms with van der Waals surface area (Å²) in [5.74, 6) is -0.0121. The zero-order valence-electron chi connectivity index (χ0n) is 10.9. The monoisotopic (exact) mass is 267 g/mol. The standard InChI is InChI=1S/C14H18FNO3/c1-10(16-18)12-8-11(15)4-5-13(12)19-9-14(17)6-2-3-7-14/h4-5,8,17-18H,2-3,6-7,9H2,1H3. The van der Waals surface area contributed by atoms with Crippen LogP contribution in [0.3, 0.4) is 0 Å². The minimum atomic E-state index is -0.796. The van der Waals surface area contributed by atoms with Crippen LogP contribution in [0, 0.1) is 5.82 Å². The molecule has 0 radical (unpaired) electrons. The Bertz CT molecular complexity index is 482. The van der Waals surface area contributed by atoms with Crippen molar-refractivity contribution >= 4 is 5.71 Å². The van der Waals surface area contributed by atoms with Crippen LogP contribution >= 0.6 is 0 Å². The molecule has 0 amide bonds. The molecule has 0 bridgehead atoms. The van der Waals surface area contributed by atoms with Gasteiger partial charge < -0.3 is 15.1 Å². The Morgan fingerprint density at radius 1 is 1.42 bits per heavy atom. The molecule has 2 N–H and O–H groups in total. The van der Waals surface area contributed by atoms with Crippen molar-refractivity contribution in [1.82, 2.24) is 0 Å². The van der Waals surface area contributed by atoms with Crippen LogP contribution in [-0.2, 0) is 0 Å². The Labute approximate surface area is 111 Å². The number of hydrogen-bond acceptors (Lipinski definition) is 4. The number of ether oxygens (including phenoxy) is 1. The molecule has 104 valence electrons. The fraction of sp³-hybridized carbons (Fsp3) is 0.500. The fourth-order valence-electron chi connectivity index (χ4n) is 2.35. The number of hydrogen-bond donors (Lipinski definition) is 2. The maximum Gasteiger partial charge on any atom is 0.128 e. The molecule has 0 aliphatic heterocycles. The summed E-state index contributed by atoms with van der Waals surface area (Å²) in [6, 6.07) is 4.02. The van der Waals surface area contributed by atoms with E-state index in [4.69, 9.17) is 9.94 Å². The van der Waals surface area contributed by atoms with Gasteiger partial charge in [0, 0.05) is 5.56 Å². The van der Waals surface area contributed by atoms with Crippen LogP contribution in [-0.4, -0.2) is 28.2 Å². The third-order valence-corrected chi connectivity index (χ3v) is 3.51. The second-order valence-electron chi connectivity index (χ2n) is 5.05. The average Bonchev–Trinajstić information content (AvgIpc) is 2.83. The van der Waals surface area contributed by atoms with E-state index in [1.165, 1.54) is 18.2 Å². The SMILES string of the molecule is CC(=NO)c1cc(F)ccc1OCC1(O)CCCC1. The summed E-state index contributed by atoms with van der Waals surface area (Å²) in [5.41, 5.74) is -0.132. The molecule has 0 unspecified atom stereocenters. The highest BCUT2D eigenvalue weighted by Gasteiger charge is 2.32. The summed E-state index contributed by atoms with van der Waals surface area (Å²) in [7, 11) is 0. The lowest BCUT2D eigenvalue weighted by molar-refractivity contribution is 0.00134. The van der Waals surface area contributed by atoms with Crippen molar-refractivity contribution in [3.8, 4) is 5.75 Å². The molecule has 0 atom stereocenters. The molecule has 1 fully saturated rings. The Morgan fingerprint density at radius 3 is 2.74 bits per heavy atom. The van der Waals surface area contributed by atoms with Gasteiger partial charge in [-0.3, -0.25) is 0 Å². The van der Waals surface area contributed by atoms with E-state index >= 15 is 0 Å². The molecule has 1 aromatic carbocycles. The van der Waals surface area contributed by atoms with Crippen molar-refractivity contribution in [3.05, 3.63) is 29.6 Å². The van der Waals surface area contributed by atoms with Gasteiger partial charge in [0.2, 0.25) is 0 Å². The fourth-order valence-corrected chi connectivity index (χ4v) is 2.35. The van der Waals surface area contributed by atoms with Gasteiger partial charge in [-0.1, -0.05) is 18.0 Å². The smallest absolute Gasteiger partial charge is 0.128 e. The first-order valence-corrected chi connectivity index (χ1v) is 6.38. The Hall–Kier alpha value is -1.62. The van der Waals surface area contributed by atoms with Crippen LogP contribution < -0.4 is 4.74 Å². The Morgan fingerprint density at radius 2 is 2.11 bits per heavy atom. The van der Waals surface area contributed by atoms with Crippen molar-refractivity contribution in [2.24, 2.45) is 5.16 Å². The number of rotatable bonds is 4. The molecular formula is C14H18FNO3. The third-order valence-electron chi connectivity index (χ3n) is 3.51. The zero-order chi connectivity index (χ0) is 13.9. The quantitative estimate of drug-likeness (QED) is 0.501. The van der Waals surface area contributed by atoms with E-state index in [0.717, 1.165) is 25.7 Å². The number of aliphatic hydroxyl groups is 1. The van der Waals surface area contributed by atoms with Crippen molar-refractivity contribution in [1.29, 1.82) is 0 Å². The number of nitrogens with zero attached hydrogens (tertiary/aromatic N) is 1. The maximum absolute atomic E-state index is 13.2. The Balaban J connectivity index is 2.15. The predicted octanol–water partition coefficient (Wildman–Crippen LogP) is 2.71. The van der Waals surface area contributed by atoms with Crippen LogP contribution in [0.4, 0.5) is 4.39 Å². The Kier molecular flexibility index (Phi) is 4.04. The van der Waals surface area contributed by atoms with Gasteiger partial charge in [-0.15, -0.1) is 0 Å². The lowest BCUT2D eigenvalue weighted by Crippen LogP contribution is -2.32. The molecule has 0 spiro atoms. The summed E-state index contributed by atoms with van der Waals surface area (Å²) >= 11 is 0. The second kappa shape index (κ2) is 5.57. The number of benzene rings is 1. The maximum atomic E-state index is 13.2. The van der Waals surface area contributed by atoms with Gasteiger partial charge >= 0.3 is 0 Å². The highest BCUT2D eigenvalue weighted by atomic mass is 19.1. The lowest BCUT2D eigenvalue weighted by atomic mass is 10.0. The molecule has 19 heavy (non-hydrogen) atoms. The molecule has 0 aromatic heterocycles. The van der Waals surface area contributed by atoms with E-state index in [9.17, 15) is 9.50 Å². The zero-order valence-corrected chi connectivity index (χ0v) is 10.9. The van der Waals surface area contributed by atoms with Gasteiger partial charge in [-0.25, -0.2) is 4.39 Å². The highest BCUT2D eigenvalue weighted by Crippen LogP contribution is 2.31. The van der Waals surface area contributed by atoms with Crippen LogP contribution in [0.1, 0.15) is 38.2 Å². The van der Waals surface area contributed by atoms with Gasteiger partial charge in [0.15, 0.2) is 0 Å². The first-order chi connectivity index (χ1) is 9.04. The molecule has 5 heteroatoms. The van der Waals surface area contributed by atoms with Crippen LogP contribution in [0.2, 0.25) is 0 Å². The minimum absolute atomic E-state index is 0.171. The van der Waals surface area contributed by atoms with E-state index in [1.807, 2.05) is 0 Å². The topological polar surface area (TPSA) is 62.1 Å². The number of oxime groups is 1. The molecular weight excluding hydrogens is 249 g/mol. The first-order valence-electron chi connectivity index (χ1n) is 6.38. The summed E-state index contributed by atoms with van der Waals surface area (Å²) in [6.45, 7) is 1.73. The second-order valence-corrected chi connectivity index (χ2v) is 5.05. The van der Waals surface area contributed by atoms with Crippen LogP contribution in [0.5, 0.6) is 5.75 Å². The molecule has 1 saturated carbocycles. The molecule has 0 heterocycles. The predicted molar refractivity (Wildman–Crippen MR) is 69.3 cm³/mol. The molecule has 1 aliphatic rings. The van der Waals surface area contributed by atoms with E-state index < -0.39 is 11.4 Å². The highest BCUT2D eigenvalue weighted by molar-refractivity contribution is 6.00. The molecule has 1 aromatic rings. The van der Waals surface area contributed by atoms with Gasteiger partial charge in [-0.05, 0) is 38.0 Å². The summed E-state index contributed by atoms with van der Waals surface area (Å²) in [4.78, 5) is 0. The van der Waals surface area contributed by atoms with Gasteiger partial charge in [0.05, 0.1) is 11.3 Å². The molecule has 2 rings (SSSR count). The summed E-state index contributed by atoms with van der Waals surface area (Å²) in [5, 5.41) is 22.1. The van der Waals surface area contributed by atoms with Crippen LogP contribution in [0.15, 0.2) is 23.4 Å². The van der Waals surface area contributed by atoms with Crippen LogP contribution in [0.25, 0.3) is 0 Å². The van der Waals surface area contributed by atoms with Crippen molar-refractivity contribution in [2.45, 2.75) is 38.2 Å². The average molecular weight is 267 g/mol. The van der Waals surface area contributed by atoms with Crippen molar-refractivity contribution in [2.75, 3.05) is 6.61 Å². The molecule has 1 aliphatic carbocycles. The first kappa shape index (κ1) is 13.8. The molecule has 0 saturated heterocycles. The summed E-state index contributed by atoms with van der Waals surface area (Å²) < 4.78 is 18.8. The largest absolute Gasteiger partial charge is 0.490 e. The van der Waals surface area contributed by atoms with Gasteiger partial charge in [-0.2, -0.15) is 0 Å². The van der Waals surface area contributed by atoms with E-state index in [-0.39, 0.29) is 12.3 Å². The molecule has 4 nitrogen and oxygen atoms in total. The third kappa shape index (κ3) is 3.23. The number of halogens is 1. The normalized spacial score (nSPS) is 18.6. The summed E-state index contributed by atoms with van der Waals surface area (Å²) in [6.07, 6.45) is 3.42. The van der Waals surface area contributed by atoms with Gasteiger partial charge in [0.1, 0.15) is 18.2 Å². The van der Waals surface area contributed by atoms with E-state index in [0.29, 0.717) is 11.3 Å².